The second-order valence-corrected chi connectivity index (χ2v) is 30.9. The second kappa shape index (κ2) is 44.8. The number of fused-ring (bicyclic) bond motifs is 4. The third-order valence-corrected chi connectivity index (χ3v) is 21.9. The lowest BCUT2D eigenvalue weighted by molar-refractivity contribution is -0.194. The average molecular weight is 1820 g/mol. The number of imidazole rings is 3. The summed E-state index contributed by atoms with van der Waals surface area (Å²) < 4.78 is 79.4. The zero-order valence-corrected chi connectivity index (χ0v) is 71.1. The standard InChI is InChI=1S/C41H40ClN3O5.C20H23ClN4O9.C12H15ClN4O5.C12H16N4O5/c42-40-34-21-22-45(41(34)44-29-43-40)37-23-35(47-25-31-15-7-2-8-16-31)38(48-26-32-17-9-3-10-18-32)39(49-27-33-19-11-4-12-20-33)36(50-37)28-46-24-30-13-5-1-6-14-30;1-9(26)30-6-14-18(33-12(4)29)17(32-11(3)28)13(31-10(2)27)5-15(34-14)25-8-24-16-19(21)22-7-23-20(16)25;13-11-8-12(15-3-14-11)17(4-16-8)7-1-5(19)9(20)10(21)6(2-18)22-7;17-3-8-11(20)10(19)7(18)1-9(21-8)16-5-15-6-2-13-4-14-12(6)16/h1-22,29,35-39H,23-28H2;7-8,13-15,17-18H,5-6H2,1-4H3;3-7,9-10,18-21H,1-2H2;2,4-5,7-11,17-20H,1,3H2/t35-,36+,37-,38-,39+;13-,14+,15-,17-,18+;5-,6+,7-,9-,10+;7-,8+,9-,10-,11+/m0000/s1. The van der Waals surface area contributed by atoms with E-state index in [1.807, 2.05) is 89.6 Å². The molecule has 12 heterocycles. The number of hydrogen-bond donors (Lipinski definition) is 8. The van der Waals surface area contributed by atoms with Crippen molar-refractivity contribution in [2.75, 3.05) is 26.4 Å². The first-order valence-electron chi connectivity index (χ1n) is 40.3. The van der Waals surface area contributed by atoms with Crippen molar-refractivity contribution in [3.8, 4) is 0 Å². The Kier molecular flexibility index (Phi) is 33.1. The molecule has 0 bridgehead atoms. The molecule has 4 fully saturated rings. The highest BCUT2D eigenvalue weighted by Crippen LogP contribution is 2.40. The molecule has 0 aliphatic carbocycles. The number of aliphatic hydroxyl groups excluding tert-OH is 8. The molecule has 4 aromatic carbocycles. The molecule has 4 aliphatic heterocycles. The van der Waals surface area contributed by atoms with Gasteiger partial charge in [-0.2, -0.15) is 0 Å². The number of hydrogen-bond acceptors (Lipinski definition) is 35. The molecule has 674 valence electrons. The van der Waals surface area contributed by atoms with Crippen LogP contribution >= 0.6 is 34.8 Å². The SMILES string of the molecule is CC(=O)OC[C@H]1O[C@H](n2cnc3c(Cl)ncnc32)C[C@H](OC(C)=O)[C@H](OC(C)=O)[C@@H]1OC(C)=O.Clc1ncnc2c1ccn2[C@@H]1C[C@H](OCc2ccccc2)[C@H](OCc2ccccc2)[C@H](OCc2ccccc2)[C@@H](COCc2ccccc2)O1.OC[C@H]1O[C@H](n2cnc3c(Cl)ncnc32)C[C@H](O)[C@H](O)[C@@H]1O.OC[C@H]1O[C@H](n2cnc3cncnc32)C[C@H](O)[C@H](O)[C@@H]1O. The molecular weight excluding hydrogens is 1720 g/mol. The second-order valence-electron chi connectivity index (χ2n) is 29.9. The first-order chi connectivity index (χ1) is 61.4. The topological polar surface area (TPSA) is 502 Å². The Morgan fingerprint density at radius 3 is 1.31 bits per heavy atom. The molecule has 4 aliphatic rings. The summed E-state index contributed by atoms with van der Waals surface area (Å²) in [6.45, 7) is 5.16. The Bertz CT molecular complexity index is 5550. The number of carbonyl (C=O) groups excluding carboxylic acids is 4. The summed E-state index contributed by atoms with van der Waals surface area (Å²) in [6, 6.07) is 42.5. The van der Waals surface area contributed by atoms with Crippen LogP contribution in [-0.2, 0) is 102 Å². The summed E-state index contributed by atoms with van der Waals surface area (Å²) in [5, 5.41) is 79.4. The molecule has 12 aromatic rings. The van der Waals surface area contributed by atoms with E-state index in [1.54, 1.807) is 10.8 Å². The highest BCUT2D eigenvalue weighted by Gasteiger charge is 2.50. The maximum atomic E-state index is 11.9. The van der Waals surface area contributed by atoms with Gasteiger partial charge in [0.25, 0.3) is 0 Å². The molecule has 0 amide bonds. The number of carbonyl (C=O) groups is 4. The van der Waals surface area contributed by atoms with Gasteiger partial charge in [-0.3, -0.25) is 32.9 Å². The highest BCUT2D eigenvalue weighted by molar-refractivity contribution is 6.34. The van der Waals surface area contributed by atoms with Crippen LogP contribution in [0.3, 0.4) is 0 Å². The number of nitrogens with zero attached hydrogens (tertiary/aromatic N) is 15. The molecule has 8 N–H and O–H groups in total. The minimum absolute atomic E-state index is 0.0121. The van der Waals surface area contributed by atoms with E-state index < -0.39 is 160 Å². The van der Waals surface area contributed by atoms with Gasteiger partial charge in [0.2, 0.25) is 0 Å². The van der Waals surface area contributed by atoms with Crippen molar-refractivity contribution in [2.24, 2.45) is 0 Å². The van der Waals surface area contributed by atoms with Crippen molar-refractivity contribution in [3.63, 3.8) is 0 Å². The number of halogens is 3. The van der Waals surface area contributed by atoms with E-state index in [0.717, 1.165) is 41.5 Å². The predicted molar refractivity (Wildman–Crippen MR) is 447 cm³/mol. The number of rotatable bonds is 24. The lowest BCUT2D eigenvalue weighted by Crippen LogP contribution is -2.50. The van der Waals surface area contributed by atoms with Gasteiger partial charge in [0, 0.05) is 59.6 Å². The van der Waals surface area contributed by atoms with Crippen LogP contribution in [0.1, 0.15) is 101 Å². The monoisotopic (exact) mass is 1810 g/mol. The van der Waals surface area contributed by atoms with E-state index in [-0.39, 0.29) is 42.8 Å². The normalized spacial score (nSPS) is 26.2. The number of esters is 4. The van der Waals surface area contributed by atoms with Crippen LogP contribution in [0.5, 0.6) is 0 Å². The van der Waals surface area contributed by atoms with Crippen molar-refractivity contribution in [1.82, 2.24) is 73.1 Å². The van der Waals surface area contributed by atoms with Gasteiger partial charge in [0.05, 0.1) is 95.1 Å². The lowest BCUT2D eigenvalue weighted by Gasteiger charge is -2.34. The lowest BCUT2D eigenvalue weighted by atomic mass is 10.0. The summed E-state index contributed by atoms with van der Waals surface area (Å²) in [4.78, 5) is 92.4. The van der Waals surface area contributed by atoms with Crippen LogP contribution in [0.25, 0.3) is 44.5 Å². The first kappa shape index (κ1) is 93.9. The van der Waals surface area contributed by atoms with Gasteiger partial charge in [0.1, 0.15) is 151 Å². The number of aromatic nitrogens is 15. The van der Waals surface area contributed by atoms with Crippen LogP contribution in [0.2, 0.25) is 15.5 Å². The maximum absolute atomic E-state index is 11.9. The first-order valence-corrected chi connectivity index (χ1v) is 41.5. The molecule has 39 nitrogen and oxygen atoms in total. The molecule has 127 heavy (non-hydrogen) atoms. The van der Waals surface area contributed by atoms with Crippen molar-refractivity contribution >= 4 is 103 Å². The van der Waals surface area contributed by atoms with Gasteiger partial charge in [-0.25, -0.2) is 54.8 Å². The molecule has 0 spiro atoms. The fourth-order valence-electron chi connectivity index (χ4n) is 14.9. The molecule has 8 aromatic heterocycles. The molecule has 0 radical (unpaired) electrons. The molecule has 0 saturated carbocycles. The van der Waals surface area contributed by atoms with Crippen LogP contribution in [-0.4, -0.2) is 262 Å². The molecular formula is C85H94Cl3N15O24. The van der Waals surface area contributed by atoms with Crippen molar-refractivity contribution in [2.45, 2.75) is 202 Å². The van der Waals surface area contributed by atoms with E-state index in [2.05, 4.69) is 103 Å². The fourth-order valence-corrected chi connectivity index (χ4v) is 15.5. The van der Waals surface area contributed by atoms with E-state index in [0.29, 0.717) is 77.1 Å². The summed E-state index contributed by atoms with van der Waals surface area (Å²) in [6.07, 6.45) is -6.26. The highest BCUT2D eigenvalue weighted by atomic mass is 35.5. The van der Waals surface area contributed by atoms with Gasteiger partial charge in [0.15, 0.2) is 39.5 Å². The van der Waals surface area contributed by atoms with Gasteiger partial charge in [-0.05, 0) is 28.3 Å². The van der Waals surface area contributed by atoms with Crippen LogP contribution < -0.4 is 0 Å². The van der Waals surface area contributed by atoms with E-state index in [9.17, 15) is 60.0 Å². The van der Waals surface area contributed by atoms with E-state index in [4.69, 9.17) is 91.6 Å². The molecule has 16 rings (SSSR count). The number of ether oxygens (including phenoxy) is 12. The Labute approximate surface area is 740 Å². The summed E-state index contributed by atoms with van der Waals surface area (Å²) in [5.41, 5.74) is 7.33. The smallest absolute Gasteiger partial charge is 0.303 e. The number of aliphatic hydroxyl groups is 8. The Balaban J connectivity index is 0.000000155. The molecule has 0 unspecified atom stereocenters. The fraction of sp³-hybridized carbons (Fsp3) is 0.424. The van der Waals surface area contributed by atoms with Gasteiger partial charge in [-0.15, -0.1) is 0 Å². The van der Waals surface area contributed by atoms with Crippen LogP contribution in [0, 0.1) is 0 Å². The van der Waals surface area contributed by atoms with E-state index >= 15 is 0 Å². The average Bonchev–Trinajstić information content (AvgIpc) is 1.65. The Morgan fingerprint density at radius 2 is 0.811 bits per heavy atom. The minimum Gasteiger partial charge on any atom is -0.463 e. The maximum Gasteiger partial charge on any atom is 0.303 e. The molecule has 42 heteroatoms. The van der Waals surface area contributed by atoms with Crippen LogP contribution in [0.15, 0.2) is 184 Å². The molecule has 4 saturated heterocycles. The van der Waals surface area contributed by atoms with Gasteiger partial charge >= 0.3 is 23.9 Å². The van der Waals surface area contributed by atoms with Crippen LogP contribution in [0.4, 0.5) is 0 Å². The quantitative estimate of drug-likeness (QED) is 0.0182. The minimum atomic E-state index is -1.42. The summed E-state index contributed by atoms with van der Waals surface area (Å²) in [5.74, 6) is -2.70. The van der Waals surface area contributed by atoms with Crippen molar-refractivity contribution in [3.05, 3.63) is 222 Å². The summed E-state index contributed by atoms with van der Waals surface area (Å²) in [7, 11) is 0. The molecule has 20 atom stereocenters. The zero-order valence-electron chi connectivity index (χ0n) is 68.8. The zero-order chi connectivity index (χ0) is 89.8. The van der Waals surface area contributed by atoms with Crippen molar-refractivity contribution in [1.29, 1.82) is 0 Å². The largest absolute Gasteiger partial charge is 0.463 e. The summed E-state index contributed by atoms with van der Waals surface area (Å²) >= 11 is 18.5. The Morgan fingerprint density at radius 1 is 0.394 bits per heavy atom. The van der Waals surface area contributed by atoms with E-state index in [1.165, 1.54) is 67.3 Å². The third kappa shape index (κ3) is 24.0. The van der Waals surface area contributed by atoms with Crippen molar-refractivity contribution < 1.29 is 117 Å². The Hall–Kier alpha value is -10.7. The number of benzene rings is 4. The van der Waals surface area contributed by atoms with Gasteiger partial charge in [-0.1, -0.05) is 156 Å². The van der Waals surface area contributed by atoms with Gasteiger partial charge < -0.3 is 102 Å². The third-order valence-electron chi connectivity index (χ3n) is 21.0. The predicted octanol–water partition coefficient (Wildman–Crippen LogP) is 6.50.